The summed E-state index contributed by atoms with van der Waals surface area (Å²) in [4.78, 5) is 0. The van der Waals surface area contributed by atoms with E-state index in [0.717, 1.165) is 17.5 Å². The molecule has 1 atom stereocenters. The molecule has 0 spiro atoms. The smallest absolute Gasteiger partial charge is 0.132 e. The molecule has 0 unspecified atom stereocenters. The van der Waals surface area contributed by atoms with Gasteiger partial charge in [-0.3, -0.25) is 0 Å². The first-order valence-electron chi connectivity index (χ1n) is 6.52. The zero-order valence-corrected chi connectivity index (χ0v) is 10.8. The third-order valence-corrected chi connectivity index (χ3v) is 3.61. The lowest BCUT2D eigenvalue weighted by Gasteiger charge is -2.10. The van der Waals surface area contributed by atoms with Crippen LogP contribution in [0.1, 0.15) is 29.2 Å². The highest BCUT2D eigenvalue weighted by Crippen LogP contribution is 2.33. The monoisotopic (exact) mass is 276 g/mol. The van der Waals surface area contributed by atoms with Gasteiger partial charge in [-0.2, -0.15) is 0 Å². The van der Waals surface area contributed by atoms with Crippen molar-refractivity contribution in [1.82, 2.24) is 0 Å². The number of aryl methyl sites for hydroxylation is 1. The second-order valence-corrected chi connectivity index (χ2v) is 4.90. The minimum atomic E-state index is -0.610. The van der Waals surface area contributed by atoms with Crippen molar-refractivity contribution in [1.29, 1.82) is 0 Å². The number of halogens is 2. The largest absolute Gasteiger partial charge is 0.489 e. The Morgan fingerprint density at radius 1 is 1.15 bits per heavy atom. The molecule has 20 heavy (non-hydrogen) atoms. The Morgan fingerprint density at radius 2 is 1.90 bits per heavy atom. The molecular formula is C16H14F2O2. The third-order valence-electron chi connectivity index (χ3n) is 3.61. The van der Waals surface area contributed by atoms with Crippen LogP contribution in [0.3, 0.4) is 0 Å². The Morgan fingerprint density at radius 3 is 2.65 bits per heavy atom. The van der Waals surface area contributed by atoms with Crippen molar-refractivity contribution in [3.8, 4) is 5.75 Å². The van der Waals surface area contributed by atoms with Gasteiger partial charge in [-0.15, -0.1) is 0 Å². The molecule has 0 bridgehead atoms. The predicted molar refractivity (Wildman–Crippen MR) is 70.4 cm³/mol. The molecule has 3 rings (SSSR count). The molecular weight excluding hydrogens is 262 g/mol. The third kappa shape index (κ3) is 2.39. The molecule has 0 saturated heterocycles. The van der Waals surface area contributed by atoms with Crippen molar-refractivity contribution >= 4 is 0 Å². The highest BCUT2D eigenvalue weighted by Gasteiger charge is 2.20. The van der Waals surface area contributed by atoms with E-state index in [2.05, 4.69) is 0 Å². The van der Waals surface area contributed by atoms with Gasteiger partial charge in [0.2, 0.25) is 0 Å². The number of benzene rings is 2. The van der Waals surface area contributed by atoms with Crippen LogP contribution in [0.4, 0.5) is 8.78 Å². The molecule has 0 radical (unpaired) electrons. The van der Waals surface area contributed by atoms with Gasteiger partial charge in [0.25, 0.3) is 0 Å². The normalized spacial score (nSPS) is 17.1. The summed E-state index contributed by atoms with van der Waals surface area (Å²) in [6.07, 6.45) is 1.09. The lowest BCUT2D eigenvalue weighted by molar-refractivity contribution is 0.180. The molecule has 2 aromatic rings. The quantitative estimate of drug-likeness (QED) is 0.929. The first-order chi connectivity index (χ1) is 9.65. The second-order valence-electron chi connectivity index (χ2n) is 4.90. The summed E-state index contributed by atoms with van der Waals surface area (Å²) in [5, 5.41) is 9.71. The molecule has 0 saturated carbocycles. The van der Waals surface area contributed by atoms with Gasteiger partial charge in [-0.1, -0.05) is 12.1 Å². The first-order valence-corrected chi connectivity index (χ1v) is 6.52. The van der Waals surface area contributed by atoms with E-state index in [0.29, 0.717) is 12.2 Å². The number of ether oxygens (including phenoxy) is 1. The summed E-state index contributed by atoms with van der Waals surface area (Å²) >= 11 is 0. The highest BCUT2D eigenvalue weighted by atomic mass is 19.1. The minimum Gasteiger partial charge on any atom is -0.489 e. The zero-order chi connectivity index (χ0) is 14.1. The fraction of sp³-hybridized carbons (Fsp3) is 0.250. The average molecular weight is 276 g/mol. The number of aliphatic hydroxyl groups is 1. The summed E-state index contributed by atoms with van der Waals surface area (Å²) in [7, 11) is 0. The van der Waals surface area contributed by atoms with Crippen LogP contribution in [-0.4, -0.2) is 5.11 Å². The summed E-state index contributed by atoms with van der Waals surface area (Å²) in [6, 6.07) is 9.09. The Labute approximate surface area is 115 Å². The molecule has 0 heterocycles. The van der Waals surface area contributed by atoms with E-state index in [1.807, 2.05) is 6.07 Å². The average Bonchev–Trinajstić information content (AvgIpc) is 2.79. The van der Waals surface area contributed by atoms with Gasteiger partial charge in [0.1, 0.15) is 24.0 Å². The second kappa shape index (κ2) is 5.21. The van der Waals surface area contributed by atoms with Gasteiger partial charge in [-0.05, 0) is 48.2 Å². The van der Waals surface area contributed by atoms with Crippen molar-refractivity contribution < 1.29 is 18.6 Å². The van der Waals surface area contributed by atoms with E-state index in [9.17, 15) is 13.9 Å². The van der Waals surface area contributed by atoms with Crippen LogP contribution in [0, 0.1) is 11.6 Å². The van der Waals surface area contributed by atoms with Crippen LogP contribution >= 0.6 is 0 Å². The van der Waals surface area contributed by atoms with E-state index >= 15 is 0 Å². The number of fused-ring (bicyclic) bond motifs is 1. The lowest BCUT2D eigenvalue weighted by atomic mass is 10.1. The van der Waals surface area contributed by atoms with Crippen LogP contribution in [-0.2, 0) is 13.0 Å². The lowest BCUT2D eigenvalue weighted by Crippen LogP contribution is -2.02. The zero-order valence-electron chi connectivity index (χ0n) is 10.8. The van der Waals surface area contributed by atoms with Crippen molar-refractivity contribution in [2.45, 2.75) is 25.6 Å². The van der Waals surface area contributed by atoms with Crippen LogP contribution in [0.2, 0.25) is 0 Å². The van der Waals surface area contributed by atoms with Gasteiger partial charge < -0.3 is 9.84 Å². The molecule has 0 fully saturated rings. The van der Waals surface area contributed by atoms with Crippen molar-refractivity contribution in [2.24, 2.45) is 0 Å². The molecule has 0 amide bonds. The summed E-state index contributed by atoms with van der Waals surface area (Å²) in [5.41, 5.74) is 1.87. The fourth-order valence-corrected chi connectivity index (χ4v) is 2.49. The Kier molecular flexibility index (Phi) is 3.40. The maximum absolute atomic E-state index is 13.5. The van der Waals surface area contributed by atoms with Gasteiger partial charge in [-0.25, -0.2) is 8.78 Å². The van der Waals surface area contributed by atoms with Gasteiger partial charge in [0.15, 0.2) is 0 Å². The maximum atomic E-state index is 13.5. The van der Waals surface area contributed by atoms with E-state index in [1.54, 1.807) is 12.1 Å². The molecule has 0 aromatic heterocycles. The fourth-order valence-electron chi connectivity index (χ4n) is 2.49. The van der Waals surface area contributed by atoms with Crippen LogP contribution < -0.4 is 4.74 Å². The maximum Gasteiger partial charge on any atom is 0.132 e. The van der Waals surface area contributed by atoms with Gasteiger partial charge >= 0.3 is 0 Å². The Bertz CT molecular complexity index is 620. The van der Waals surface area contributed by atoms with Crippen molar-refractivity contribution in [3.63, 3.8) is 0 Å². The van der Waals surface area contributed by atoms with Crippen LogP contribution in [0.5, 0.6) is 5.75 Å². The molecule has 104 valence electrons. The minimum absolute atomic E-state index is 0.0759. The Balaban J connectivity index is 1.76. The predicted octanol–water partition coefficient (Wildman–Crippen LogP) is 3.52. The number of hydrogen-bond acceptors (Lipinski definition) is 2. The standard InChI is InChI=1S/C16H14F2O2/c17-14-2-1-3-15(18)13(14)9-20-11-5-6-12-10(8-11)4-7-16(12)19/h1-3,5-6,8,16,19H,4,7,9H2/t16-/m0/s1. The van der Waals surface area contributed by atoms with E-state index in [1.165, 1.54) is 18.2 Å². The highest BCUT2D eigenvalue weighted by molar-refractivity contribution is 5.40. The summed E-state index contributed by atoms with van der Waals surface area (Å²) in [6.45, 7) is -0.153. The molecule has 1 aliphatic rings. The molecule has 4 heteroatoms. The van der Waals surface area contributed by atoms with Gasteiger partial charge in [0.05, 0.1) is 11.7 Å². The van der Waals surface area contributed by atoms with E-state index in [4.69, 9.17) is 4.74 Å². The van der Waals surface area contributed by atoms with Crippen LogP contribution in [0.25, 0.3) is 0 Å². The van der Waals surface area contributed by atoms with Gasteiger partial charge in [0, 0.05) is 0 Å². The molecule has 2 aromatic carbocycles. The number of rotatable bonds is 3. The molecule has 2 nitrogen and oxygen atoms in total. The summed E-state index contributed by atoms with van der Waals surface area (Å²) < 4.78 is 32.4. The molecule has 0 aliphatic heterocycles. The Hall–Kier alpha value is -1.94. The van der Waals surface area contributed by atoms with Crippen molar-refractivity contribution in [2.75, 3.05) is 0 Å². The topological polar surface area (TPSA) is 29.5 Å². The van der Waals surface area contributed by atoms with E-state index in [-0.39, 0.29) is 12.2 Å². The summed E-state index contributed by atoms with van der Waals surface area (Å²) in [5.74, 6) is -0.663. The van der Waals surface area contributed by atoms with Crippen molar-refractivity contribution in [3.05, 3.63) is 64.7 Å². The molecule has 1 N–H and O–H groups in total. The molecule has 1 aliphatic carbocycles. The SMILES string of the molecule is O[C@H]1CCc2cc(OCc3c(F)cccc3F)ccc21. The van der Waals surface area contributed by atoms with E-state index < -0.39 is 17.7 Å². The number of hydrogen-bond donors (Lipinski definition) is 1. The first kappa shape index (κ1) is 13.1. The van der Waals surface area contributed by atoms with Crippen LogP contribution in [0.15, 0.2) is 36.4 Å². The number of aliphatic hydroxyl groups excluding tert-OH is 1.